The molecule has 0 fully saturated rings. The van der Waals surface area contributed by atoms with Gasteiger partial charge in [-0.3, -0.25) is 4.79 Å². The number of rotatable bonds is 10. The van der Waals surface area contributed by atoms with Crippen molar-refractivity contribution in [2.24, 2.45) is 0 Å². The highest BCUT2D eigenvalue weighted by Gasteiger charge is 2.41. The molecule has 0 saturated heterocycles. The van der Waals surface area contributed by atoms with Crippen molar-refractivity contribution in [3.63, 3.8) is 0 Å². The van der Waals surface area contributed by atoms with Crippen molar-refractivity contribution < 1.29 is 42.9 Å². The Labute approximate surface area is 251 Å². The van der Waals surface area contributed by atoms with E-state index in [1.54, 1.807) is 57.3 Å². The number of nitrogens with zero attached hydrogens (tertiary/aromatic N) is 2. The molecule has 0 bridgehead atoms. The van der Waals surface area contributed by atoms with Gasteiger partial charge in [-0.2, -0.15) is 0 Å². The van der Waals surface area contributed by atoms with Gasteiger partial charge in [-0.15, -0.1) is 0 Å². The van der Waals surface area contributed by atoms with Crippen LogP contribution in [0.3, 0.4) is 0 Å². The third-order valence-corrected chi connectivity index (χ3v) is 7.44. The molecular weight excluding hydrogens is 576 g/mol. The largest absolute Gasteiger partial charge is 0.466 e. The van der Waals surface area contributed by atoms with Crippen molar-refractivity contribution in [2.75, 3.05) is 39.9 Å². The van der Waals surface area contributed by atoms with E-state index >= 15 is 0 Å². The predicted octanol–water partition coefficient (Wildman–Crippen LogP) is 4.07. The number of methoxy groups -OCH3 is 4. The number of fused-ring (bicyclic) bond motifs is 1. The fourth-order valence-electron chi connectivity index (χ4n) is 4.63. The van der Waals surface area contributed by atoms with Crippen LogP contribution in [0.2, 0.25) is 0 Å². The van der Waals surface area contributed by atoms with Crippen molar-refractivity contribution >= 4 is 52.9 Å². The Bertz CT molecular complexity index is 1630. The van der Waals surface area contributed by atoms with E-state index in [-0.39, 0.29) is 40.6 Å². The number of hydrogen-bond donors (Lipinski definition) is 0. The lowest BCUT2D eigenvalue weighted by Crippen LogP contribution is -2.23. The van der Waals surface area contributed by atoms with Gasteiger partial charge in [-0.25, -0.2) is 19.2 Å². The number of carbonyl (C=O) groups is 5. The van der Waals surface area contributed by atoms with Crippen LogP contribution >= 0.6 is 11.8 Å². The average Bonchev–Trinajstić information content (AvgIpc) is 3.62. The molecule has 0 atom stereocenters. The smallest absolute Gasteiger partial charge is 0.344 e. The first-order valence-corrected chi connectivity index (χ1v) is 13.8. The van der Waals surface area contributed by atoms with E-state index in [2.05, 4.69) is 4.74 Å². The number of benzene rings is 2. The molecule has 0 N–H and O–H groups in total. The summed E-state index contributed by atoms with van der Waals surface area (Å²) in [7, 11) is 4.71. The number of aromatic nitrogens is 1. The summed E-state index contributed by atoms with van der Waals surface area (Å²) in [6.45, 7) is 0.506. The van der Waals surface area contributed by atoms with Crippen LogP contribution in [0.25, 0.3) is 5.70 Å². The van der Waals surface area contributed by atoms with Crippen molar-refractivity contribution in [2.45, 2.75) is 6.54 Å². The van der Waals surface area contributed by atoms with Gasteiger partial charge in [0.15, 0.2) is 0 Å². The predicted molar refractivity (Wildman–Crippen MR) is 158 cm³/mol. The molecule has 0 radical (unpaired) electrons. The zero-order valence-electron chi connectivity index (χ0n) is 23.8. The summed E-state index contributed by atoms with van der Waals surface area (Å²) in [4.78, 5) is 66.5. The highest BCUT2D eigenvalue weighted by atomic mass is 32.2. The molecule has 11 nitrogen and oxygen atoms in total. The van der Waals surface area contributed by atoms with Crippen LogP contribution < -0.4 is 4.90 Å². The van der Waals surface area contributed by atoms with E-state index in [9.17, 15) is 24.0 Å². The van der Waals surface area contributed by atoms with Gasteiger partial charge < -0.3 is 28.4 Å². The first kappa shape index (κ1) is 30.8. The second-order valence-corrected chi connectivity index (χ2v) is 9.83. The minimum absolute atomic E-state index is 0.0168. The van der Waals surface area contributed by atoms with Gasteiger partial charge in [-0.05, 0) is 5.56 Å². The second kappa shape index (κ2) is 13.7. The molecule has 1 aliphatic rings. The Kier molecular flexibility index (Phi) is 9.83. The van der Waals surface area contributed by atoms with Gasteiger partial charge in [-0.1, -0.05) is 72.4 Å². The summed E-state index contributed by atoms with van der Waals surface area (Å²) in [5.74, 6) is -3.48. The second-order valence-electron chi connectivity index (χ2n) is 8.91. The van der Waals surface area contributed by atoms with Crippen LogP contribution in [0, 0.1) is 0 Å². The minimum atomic E-state index is -0.880. The fourth-order valence-corrected chi connectivity index (χ4v) is 5.47. The standard InChI is InChI=1S/C31H28N2O9S/c1-39-23(34)17-22(29(36)40-2)43-18-21(19-11-7-5-8-12-19)32-15-16-33-26(27(35)20-13-9-6-10-14-20)24(30(37)41-3)25(28(32)33)31(38)42-4/h5-14,17-18H,15-16H2,1-4H3/b21-18+,22-17-. The molecule has 2 aromatic carbocycles. The maximum atomic E-state index is 13.9. The van der Waals surface area contributed by atoms with Crippen molar-refractivity contribution in [1.29, 1.82) is 0 Å². The number of esters is 4. The van der Waals surface area contributed by atoms with Crippen molar-refractivity contribution in [1.82, 2.24) is 4.57 Å². The molecule has 1 aliphatic heterocycles. The highest BCUT2D eigenvalue weighted by Crippen LogP contribution is 2.41. The number of ketones is 1. The Hall–Kier alpha value is -5.10. The van der Waals surface area contributed by atoms with E-state index in [0.717, 1.165) is 24.9 Å². The molecular formula is C31H28N2O9S. The maximum Gasteiger partial charge on any atom is 0.344 e. The molecule has 0 unspecified atom stereocenters. The normalized spacial score (nSPS) is 12.8. The van der Waals surface area contributed by atoms with Crippen LogP contribution in [-0.2, 0) is 35.1 Å². The third kappa shape index (κ3) is 6.24. The molecule has 0 aliphatic carbocycles. The van der Waals surface area contributed by atoms with Crippen LogP contribution in [-0.4, -0.2) is 69.2 Å². The van der Waals surface area contributed by atoms with E-state index in [1.165, 1.54) is 21.3 Å². The molecule has 0 spiro atoms. The molecule has 43 heavy (non-hydrogen) atoms. The van der Waals surface area contributed by atoms with Gasteiger partial charge in [0.05, 0.1) is 34.1 Å². The number of ether oxygens (including phenoxy) is 4. The summed E-state index contributed by atoms with van der Waals surface area (Å²) >= 11 is 0.905. The van der Waals surface area contributed by atoms with Crippen LogP contribution in [0.4, 0.5) is 5.82 Å². The van der Waals surface area contributed by atoms with Gasteiger partial charge >= 0.3 is 23.9 Å². The molecule has 222 valence electrons. The van der Waals surface area contributed by atoms with Gasteiger partial charge in [0.1, 0.15) is 27.5 Å². The van der Waals surface area contributed by atoms with Gasteiger partial charge in [0.25, 0.3) is 0 Å². The number of hydrogen-bond acceptors (Lipinski definition) is 11. The lowest BCUT2D eigenvalue weighted by Gasteiger charge is -2.23. The Morgan fingerprint density at radius 1 is 0.721 bits per heavy atom. The number of thioether (sulfide) groups is 1. The van der Waals surface area contributed by atoms with E-state index in [1.807, 2.05) is 18.2 Å². The molecule has 12 heteroatoms. The van der Waals surface area contributed by atoms with Gasteiger partial charge in [0.2, 0.25) is 5.78 Å². The lowest BCUT2D eigenvalue weighted by atomic mass is 10.0. The highest BCUT2D eigenvalue weighted by molar-refractivity contribution is 8.06. The topological polar surface area (TPSA) is 130 Å². The SMILES string of the molecule is COC(=O)/C=C(\S/C=C(\c1ccccc1)N1CCn2c(C(=O)c3ccccc3)c(C(=O)OC)c(C(=O)OC)c21)C(=O)OC. The van der Waals surface area contributed by atoms with Gasteiger partial charge in [0, 0.05) is 30.1 Å². The van der Waals surface area contributed by atoms with Crippen molar-refractivity contribution in [3.05, 3.63) is 105 Å². The monoisotopic (exact) mass is 604 g/mol. The van der Waals surface area contributed by atoms with E-state index < -0.39 is 29.7 Å². The van der Waals surface area contributed by atoms with Crippen LogP contribution in [0.15, 0.2) is 77.1 Å². The molecule has 3 aromatic rings. The third-order valence-electron chi connectivity index (χ3n) is 6.56. The number of anilines is 1. The molecule has 1 aromatic heterocycles. The summed E-state index contributed by atoms with van der Waals surface area (Å²) in [5.41, 5.74) is 1.12. The Morgan fingerprint density at radius 2 is 1.30 bits per heavy atom. The number of carbonyl (C=O) groups excluding carboxylic acids is 5. The summed E-state index contributed by atoms with van der Waals surface area (Å²) in [6.07, 6.45) is 1.01. The quantitative estimate of drug-likeness (QED) is 0.144. The zero-order chi connectivity index (χ0) is 31.1. The van der Waals surface area contributed by atoms with Crippen molar-refractivity contribution in [3.8, 4) is 0 Å². The molecule has 4 rings (SSSR count). The summed E-state index contributed by atoms with van der Waals surface area (Å²) in [5, 5.41) is 1.61. The van der Waals surface area contributed by atoms with Crippen LogP contribution in [0.1, 0.15) is 42.3 Å². The first-order valence-electron chi connectivity index (χ1n) is 12.9. The lowest BCUT2D eigenvalue weighted by molar-refractivity contribution is -0.137. The molecule has 0 saturated carbocycles. The Balaban J connectivity index is 1.97. The summed E-state index contributed by atoms with van der Waals surface area (Å²) < 4.78 is 21.2. The first-order chi connectivity index (χ1) is 20.8. The van der Waals surface area contributed by atoms with E-state index in [4.69, 9.17) is 14.2 Å². The maximum absolute atomic E-state index is 13.9. The average molecular weight is 605 g/mol. The van der Waals surface area contributed by atoms with E-state index in [0.29, 0.717) is 16.8 Å². The fraction of sp³-hybridized carbons (Fsp3) is 0.194. The minimum Gasteiger partial charge on any atom is -0.466 e. The van der Waals surface area contributed by atoms with Crippen LogP contribution in [0.5, 0.6) is 0 Å². The zero-order valence-corrected chi connectivity index (χ0v) is 24.6. The molecule has 0 amide bonds. The molecule has 2 heterocycles. The summed E-state index contributed by atoms with van der Waals surface area (Å²) in [6, 6.07) is 17.4. The Morgan fingerprint density at radius 3 is 1.86 bits per heavy atom.